The molecule has 23 heavy (non-hydrogen) atoms. The molecule has 2 heterocycles. The number of hydrogen-bond acceptors (Lipinski definition) is 5. The number of amides is 1. The van der Waals surface area contributed by atoms with Crippen molar-refractivity contribution >= 4 is 17.2 Å². The summed E-state index contributed by atoms with van der Waals surface area (Å²) in [7, 11) is 0. The van der Waals surface area contributed by atoms with Gasteiger partial charge in [-0.1, -0.05) is 49.3 Å². The molecule has 3 aromatic rings. The monoisotopic (exact) mass is 327 g/mol. The second-order valence-corrected chi connectivity index (χ2v) is 6.56. The quantitative estimate of drug-likeness (QED) is 0.773. The van der Waals surface area contributed by atoms with Crippen molar-refractivity contribution in [2.45, 2.75) is 26.3 Å². The highest BCUT2D eigenvalue weighted by Crippen LogP contribution is 2.24. The summed E-state index contributed by atoms with van der Waals surface area (Å²) < 4.78 is 5.14. The van der Waals surface area contributed by atoms with Crippen molar-refractivity contribution in [1.29, 1.82) is 0 Å². The van der Waals surface area contributed by atoms with Gasteiger partial charge in [-0.2, -0.15) is 0 Å². The molecule has 0 bridgehead atoms. The van der Waals surface area contributed by atoms with Crippen LogP contribution in [-0.4, -0.2) is 16.0 Å². The second kappa shape index (κ2) is 6.75. The first-order valence-electron chi connectivity index (χ1n) is 7.38. The first-order chi connectivity index (χ1) is 11.1. The zero-order valence-corrected chi connectivity index (χ0v) is 13.8. The molecule has 3 rings (SSSR count). The van der Waals surface area contributed by atoms with E-state index in [1.807, 2.05) is 44.2 Å². The second-order valence-electron chi connectivity index (χ2n) is 5.45. The molecule has 0 saturated carbocycles. The van der Waals surface area contributed by atoms with Crippen molar-refractivity contribution in [3.63, 3.8) is 0 Å². The van der Waals surface area contributed by atoms with Crippen LogP contribution in [0, 0.1) is 0 Å². The number of rotatable bonds is 5. The van der Waals surface area contributed by atoms with Gasteiger partial charge in [-0.3, -0.25) is 4.79 Å². The molecule has 1 aromatic carbocycles. The molecular formula is C17H17N3O2S. The molecule has 0 saturated heterocycles. The van der Waals surface area contributed by atoms with E-state index in [4.69, 9.17) is 4.52 Å². The lowest BCUT2D eigenvalue weighted by atomic mass is 10.1. The molecule has 0 aliphatic carbocycles. The fourth-order valence-corrected chi connectivity index (χ4v) is 2.89. The van der Waals surface area contributed by atoms with E-state index in [0.29, 0.717) is 18.0 Å². The van der Waals surface area contributed by atoms with Gasteiger partial charge in [0, 0.05) is 28.6 Å². The smallest absolute Gasteiger partial charge is 0.273 e. The lowest BCUT2D eigenvalue weighted by molar-refractivity contribution is 0.0942. The summed E-state index contributed by atoms with van der Waals surface area (Å²) in [5, 5.41) is 7.59. The first kappa shape index (κ1) is 15.4. The van der Waals surface area contributed by atoms with Crippen molar-refractivity contribution in [3.05, 3.63) is 58.9 Å². The highest BCUT2D eigenvalue weighted by atomic mass is 32.1. The van der Waals surface area contributed by atoms with Crippen LogP contribution in [0.25, 0.3) is 10.6 Å². The van der Waals surface area contributed by atoms with Gasteiger partial charge in [-0.15, -0.1) is 11.3 Å². The standard InChI is InChI=1S/C17H17N3O2S/c1-11(2)15-8-14(20-22-15)16(21)18-9-13-10-19-17(23-13)12-6-4-3-5-7-12/h3-8,10-11H,9H2,1-2H3,(H,18,21). The van der Waals surface area contributed by atoms with Gasteiger partial charge in [0.05, 0.1) is 6.54 Å². The lowest BCUT2D eigenvalue weighted by Gasteiger charge is -1.99. The number of aromatic nitrogens is 2. The molecule has 1 N–H and O–H groups in total. The highest BCUT2D eigenvalue weighted by Gasteiger charge is 2.14. The van der Waals surface area contributed by atoms with Crippen LogP contribution in [0.2, 0.25) is 0 Å². The summed E-state index contributed by atoms with van der Waals surface area (Å²) in [6, 6.07) is 11.7. The van der Waals surface area contributed by atoms with E-state index in [1.54, 1.807) is 23.6 Å². The summed E-state index contributed by atoms with van der Waals surface area (Å²) >= 11 is 1.56. The predicted octanol–water partition coefficient (Wildman–Crippen LogP) is 3.85. The molecule has 118 valence electrons. The number of nitrogens with one attached hydrogen (secondary N) is 1. The van der Waals surface area contributed by atoms with Gasteiger partial charge in [0.15, 0.2) is 5.69 Å². The van der Waals surface area contributed by atoms with Crippen LogP contribution < -0.4 is 5.32 Å². The molecular weight excluding hydrogens is 310 g/mol. The zero-order valence-electron chi connectivity index (χ0n) is 12.9. The van der Waals surface area contributed by atoms with Crippen molar-refractivity contribution in [2.24, 2.45) is 0 Å². The molecule has 6 heteroatoms. The van der Waals surface area contributed by atoms with Crippen LogP contribution in [-0.2, 0) is 6.54 Å². The molecule has 1 amide bonds. The SMILES string of the molecule is CC(C)c1cc(C(=O)NCc2cnc(-c3ccccc3)s2)no1. The maximum Gasteiger partial charge on any atom is 0.273 e. The molecule has 0 aliphatic rings. The van der Waals surface area contributed by atoms with Gasteiger partial charge >= 0.3 is 0 Å². The van der Waals surface area contributed by atoms with Gasteiger partial charge in [0.1, 0.15) is 10.8 Å². The number of carbonyl (C=O) groups is 1. The van der Waals surface area contributed by atoms with E-state index < -0.39 is 0 Å². The molecule has 0 spiro atoms. The Kier molecular flexibility index (Phi) is 4.52. The van der Waals surface area contributed by atoms with Gasteiger partial charge in [0.25, 0.3) is 5.91 Å². The fourth-order valence-electron chi connectivity index (χ4n) is 2.03. The van der Waals surface area contributed by atoms with E-state index in [9.17, 15) is 4.79 Å². The Bertz CT molecular complexity index is 793. The average molecular weight is 327 g/mol. The number of benzene rings is 1. The molecule has 0 unspecified atom stereocenters. The molecule has 0 aliphatic heterocycles. The Balaban J connectivity index is 1.62. The Morgan fingerprint density at radius 1 is 1.30 bits per heavy atom. The summed E-state index contributed by atoms with van der Waals surface area (Å²) in [4.78, 5) is 17.5. The lowest BCUT2D eigenvalue weighted by Crippen LogP contribution is -2.22. The average Bonchev–Trinajstić information content (AvgIpc) is 3.23. The minimum atomic E-state index is -0.240. The van der Waals surface area contributed by atoms with Crippen molar-refractivity contribution in [2.75, 3.05) is 0 Å². The zero-order chi connectivity index (χ0) is 16.2. The van der Waals surface area contributed by atoms with E-state index in [1.165, 1.54) is 0 Å². The Hall–Kier alpha value is -2.47. The van der Waals surface area contributed by atoms with Crippen molar-refractivity contribution < 1.29 is 9.32 Å². The number of hydrogen-bond donors (Lipinski definition) is 1. The number of thiazole rings is 1. The minimum Gasteiger partial charge on any atom is -0.360 e. The van der Waals surface area contributed by atoms with Gasteiger partial charge < -0.3 is 9.84 Å². The molecule has 0 radical (unpaired) electrons. The maximum absolute atomic E-state index is 12.1. The van der Waals surface area contributed by atoms with E-state index in [-0.39, 0.29) is 11.8 Å². The molecule has 5 nitrogen and oxygen atoms in total. The van der Waals surface area contributed by atoms with Crippen LogP contribution in [0.5, 0.6) is 0 Å². The van der Waals surface area contributed by atoms with Crippen LogP contribution in [0.1, 0.15) is 40.9 Å². The topological polar surface area (TPSA) is 68.0 Å². The van der Waals surface area contributed by atoms with Crippen LogP contribution >= 0.6 is 11.3 Å². The maximum atomic E-state index is 12.1. The Morgan fingerprint density at radius 2 is 2.09 bits per heavy atom. The number of carbonyl (C=O) groups excluding carboxylic acids is 1. The summed E-state index contributed by atoms with van der Waals surface area (Å²) in [6.45, 7) is 4.41. The minimum absolute atomic E-state index is 0.207. The third-order valence-electron chi connectivity index (χ3n) is 3.33. The molecule has 2 aromatic heterocycles. The van der Waals surface area contributed by atoms with Gasteiger partial charge in [0.2, 0.25) is 0 Å². The van der Waals surface area contributed by atoms with Crippen molar-refractivity contribution in [1.82, 2.24) is 15.5 Å². The Morgan fingerprint density at radius 3 is 2.78 bits per heavy atom. The third kappa shape index (κ3) is 3.65. The summed E-state index contributed by atoms with van der Waals surface area (Å²) in [5.41, 5.74) is 1.38. The van der Waals surface area contributed by atoms with Crippen LogP contribution in [0.15, 0.2) is 47.1 Å². The summed E-state index contributed by atoms with van der Waals surface area (Å²) in [6.07, 6.45) is 1.79. The summed E-state index contributed by atoms with van der Waals surface area (Å²) in [5.74, 6) is 0.675. The molecule has 0 fully saturated rings. The normalized spacial score (nSPS) is 10.9. The fraction of sp³-hybridized carbons (Fsp3) is 0.235. The first-order valence-corrected chi connectivity index (χ1v) is 8.20. The van der Waals surface area contributed by atoms with Gasteiger partial charge in [-0.25, -0.2) is 4.98 Å². The Labute approximate surface area is 138 Å². The number of nitrogens with zero attached hydrogens (tertiary/aromatic N) is 2. The van der Waals surface area contributed by atoms with Gasteiger partial charge in [-0.05, 0) is 0 Å². The van der Waals surface area contributed by atoms with E-state index >= 15 is 0 Å². The van der Waals surface area contributed by atoms with Crippen LogP contribution in [0.3, 0.4) is 0 Å². The van der Waals surface area contributed by atoms with E-state index in [0.717, 1.165) is 15.4 Å². The largest absolute Gasteiger partial charge is 0.360 e. The highest BCUT2D eigenvalue weighted by molar-refractivity contribution is 7.15. The predicted molar refractivity (Wildman–Crippen MR) is 89.3 cm³/mol. The van der Waals surface area contributed by atoms with Crippen LogP contribution in [0.4, 0.5) is 0 Å². The van der Waals surface area contributed by atoms with Crippen molar-refractivity contribution in [3.8, 4) is 10.6 Å². The van der Waals surface area contributed by atoms with E-state index in [2.05, 4.69) is 15.5 Å². The third-order valence-corrected chi connectivity index (χ3v) is 4.37. The molecule has 0 atom stereocenters.